The molecule has 1 N–H and O–H groups in total. The van der Waals surface area contributed by atoms with E-state index < -0.39 is 11.4 Å². The van der Waals surface area contributed by atoms with Crippen LogP contribution in [-0.2, 0) is 4.79 Å². The predicted molar refractivity (Wildman–Crippen MR) is 125 cm³/mol. The maximum absolute atomic E-state index is 13.1. The monoisotopic (exact) mass is 463 g/mol. The summed E-state index contributed by atoms with van der Waals surface area (Å²) >= 11 is 1.16. The Balaban J connectivity index is 1.49. The summed E-state index contributed by atoms with van der Waals surface area (Å²) in [4.78, 5) is 13.1. The minimum absolute atomic E-state index is 0.203. The third-order valence-corrected chi connectivity index (χ3v) is 5.86. The predicted octanol–water partition coefficient (Wildman–Crippen LogP) is 6.13. The highest BCUT2D eigenvalue weighted by atomic mass is 32.2. The number of thioether (sulfide) groups is 1. The van der Waals surface area contributed by atoms with Gasteiger partial charge < -0.3 is 14.5 Å². The van der Waals surface area contributed by atoms with Crippen molar-refractivity contribution in [2.24, 2.45) is 0 Å². The maximum atomic E-state index is 13.1. The van der Waals surface area contributed by atoms with E-state index in [-0.39, 0.29) is 22.8 Å². The number of nitrogens with zero attached hydrogens (tertiary/aromatic N) is 2. The van der Waals surface area contributed by atoms with Gasteiger partial charge in [0.2, 0.25) is 5.91 Å². The lowest BCUT2D eigenvalue weighted by molar-refractivity contribution is -0.115. The van der Waals surface area contributed by atoms with Gasteiger partial charge in [-0.05, 0) is 67.6 Å². The highest BCUT2D eigenvalue weighted by Gasteiger charge is 2.26. The number of rotatable bonds is 8. The van der Waals surface area contributed by atoms with Crippen molar-refractivity contribution in [1.29, 1.82) is 0 Å². The minimum Gasteiger partial charge on any atom is -0.481 e. The number of hydrogen-bond acceptors (Lipinski definition) is 6. The Hall–Kier alpha value is -3.65. The van der Waals surface area contributed by atoms with Crippen molar-refractivity contribution in [1.82, 2.24) is 10.2 Å². The molecule has 1 heterocycles. The van der Waals surface area contributed by atoms with Gasteiger partial charge in [-0.3, -0.25) is 4.79 Å². The van der Waals surface area contributed by atoms with Crippen molar-refractivity contribution >= 4 is 23.4 Å². The maximum Gasteiger partial charge on any atom is 0.277 e. The minimum atomic E-state index is -0.603. The van der Waals surface area contributed by atoms with Gasteiger partial charge in [0.25, 0.3) is 11.1 Å². The van der Waals surface area contributed by atoms with Crippen LogP contribution in [0.2, 0.25) is 0 Å². The fourth-order valence-electron chi connectivity index (χ4n) is 3.05. The van der Waals surface area contributed by atoms with E-state index >= 15 is 0 Å². The number of carbonyl (C=O) groups is 1. The summed E-state index contributed by atoms with van der Waals surface area (Å²) in [5.74, 6) is 0.191. The molecule has 0 aliphatic heterocycles. The van der Waals surface area contributed by atoms with Crippen molar-refractivity contribution < 1.29 is 18.3 Å². The molecule has 0 aliphatic rings. The zero-order valence-corrected chi connectivity index (χ0v) is 18.9. The van der Waals surface area contributed by atoms with Crippen LogP contribution < -0.4 is 10.1 Å². The van der Waals surface area contributed by atoms with E-state index in [1.807, 2.05) is 61.5 Å². The number of benzene rings is 3. The molecule has 2 unspecified atom stereocenters. The molecule has 168 valence electrons. The fraction of sp³-hybridized carbons (Fsp3) is 0.160. The number of anilines is 1. The number of ether oxygens (including phenoxy) is 1. The SMILES string of the molecule is Cc1ccc(NC(=O)C(Sc2nnc(C(C)Oc3ccc(F)cc3)o2)c2ccccc2)cc1. The van der Waals surface area contributed by atoms with Crippen molar-refractivity contribution in [2.45, 2.75) is 30.4 Å². The molecular formula is C25H22FN3O3S. The van der Waals surface area contributed by atoms with Gasteiger partial charge in [-0.1, -0.05) is 48.0 Å². The van der Waals surface area contributed by atoms with Crippen LogP contribution >= 0.6 is 11.8 Å². The van der Waals surface area contributed by atoms with Gasteiger partial charge in [0.1, 0.15) is 16.8 Å². The first-order valence-electron chi connectivity index (χ1n) is 10.3. The largest absolute Gasteiger partial charge is 0.481 e. The Kier molecular flexibility index (Phi) is 7.04. The van der Waals surface area contributed by atoms with Crippen LogP contribution in [0, 0.1) is 12.7 Å². The van der Waals surface area contributed by atoms with Gasteiger partial charge in [-0.25, -0.2) is 4.39 Å². The molecule has 0 radical (unpaired) electrons. The second kappa shape index (κ2) is 10.3. The second-order valence-corrected chi connectivity index (χ2v) is 8.44. The van der Waals surface area contributed by atoms with Crippen molar-refractivity contribution in [3.63, 3.8) is 0 Å². The first-order valence-corrected chi connectivity index (χ1v) is 11.2. The van der Waals surface area contributed by atoms with Gasteiger partial charge in [-0.15, -0.1) is 10.2 Å². The molecule has 0 bridgehead atoms. The topological polar surface area (TPSA) is 77.2 Å². The smallest absolute Gasteiger partial charge is 0.277 e. The van der Waals surface area contributed by atoms with Crippen LogP contribution in [0.4, 0.5) is 10.1 Å². The van der Waals surface area contributed by atoms with E-state index in [1.54, 1.807) is 6.92 Å². The molecule has 1 amide bonds. The summed E-state index contributed by atoms with van der Waals surface area (Å²) in [6, 6.07) is 22.7. The first-order chi connectivity index (χ1) is 16.0. The van der Waals surface area contributed by atoms with Crippen LogP contribution in [0.15, 0.2) is 88.5 Å². The summed E-state index contributed by atoms with van der Waals surface area (Å²) < 4.78 is 24.6. The Labute approximate surface area is 195 Å². The highest BCUT2D eigenvalue weighted by molar-refractivity contribution is 8.00. The number of nitrogens with one attached hydrogen (secondary N) is 1. The first kappa shape index (κ1) is 22.5. The second-order valence-electron chi connectivity index (χ2n) is 7.38. The van der Waals surface area contributed by atoms with Gasteiger partial charge in [0, 0.05) is 5.69 Å². The summed E-state index contributed by atoms with van der Waals surface area (Å²) in [7, 11) is 0. The Morgan fingerprint density at radius 1 is 1.00 bits per heavy atom. The Morgan fingerprint density at radius 3 is 2.39 bits per heavy atom. The van der Waals surface area contributed by atoms with E-state index in [0.717, 1.165) is 22.9 Å². The lowest BCUT2D eigenvalue weighted by atomic mass is 10.1. The molecule has 3 aromatic carbocycles. The quantitative estimate of drug-likeness (QED) is 0.317. The molecular weight excluding hydrogens is 441 g/mol. The van der Waals surface area contributed by atoms with Crippen LogP contribution in [0.3, 0.4) is 0 Å². The molecule has 4 rings (SSSR count). The number of carbonyl (C=O) groups excluding carboxylic acids is 1. The molecule has 0 spiro atoms. The van der Waals surface area contributed by atoms with Crippen LogP contribution in [0.5, 0.6) is 5.75 Å². The van der Waals surface area contributed by atoms with Gasteiger partial charge in [0.05, 0.1) is 0 Å². The molecule has 1 aromatic heterocycles. The zero-order chi connectivity index (χ0) is 23.2. The Morgan fingerprint density at radius 2 is 1.70 bits per heavy atom. The van der Waals surface area contributed by atoms with E-state index in [2.05, 4.69) is 15.5 Å². The average Bonchev–Trinajstić information content (AvgIpc) is 3.30. The number of halogens is 1. The molecule has 0 fully saturated rings. The van der Waals surface area contributed by atoms with E-state index in [0.29, 0.717) is 11.4 Å². The molecule has 0 aliphatic carbocycles. The van der Waals surface area contributed by atoms with Crippen LogP contribution in [0.1, 0.15) is 35.3 Å². The zero-order valence-electron chi connectivity index (χ0n) is 18.1. The average molecular weight is 464 g/mol. The molecule has 6 nitrogen and oxygen atoms in total. The van der Waals surface area contributed by atoms with Crippen molar-refractivity contribution in [2.75, 3.05) is 5.32 Å². The number of amides is 1. The third kappa shape index (κ3) is 5.98. The highest BCUT2D eigenvalue weighted by Crippen LogP contribution is 2.36. The molecule has 4 aromatic rings. The number of aryl methyl sites for hydroxylation is 1. The van der Waals surface area contributed by atoms with Crippen LogP contribution in [-0.4, -0.2) is 16.1 Å². The molecule has 8 heteroatoms. The number of aromatic nitrogens is 2. The van der Waals surface area contributed by atoms with E-state index in [9.17, 15) is 9.18 Å². The molecule has 2 atom stereocenters. The summed E-state index contributed by atoms with van der Waals surface area (Å²) in [5.41, 5.74) is 2.62. The summed E-state index contributed by atoms with van der Waals surface area (Å²) in [6.07, 6.45) is -0.547. The number of hydrogen-bond donors (Lipinski definition) is 1. The summed E-state index contributed by atoms with van der Waals surface area (Å²) in [5, 5.41) is 10.7. The standard InChI is InChI=1S/C25H22FN3O3S/c1-16-8-12-20(13-9-16)27-23(30)22(18-6-4-3-5-7-18)33-25-29-28-24(32-25)17(2)31-21-14-10-19(26)11-15-21/h3-15,17,22H,1-2H3,(H,27,30). The molecule has 0 saturated heterocycles. The van der Waals surface area contributed by atoms with Crippen molar-refractivity contribution in [3.8, 4) is 5.75 Å². The molecule has 0 saturated carbocycles. The van der Waals surface area contributed by atoms with Gasteiger partial charge in [0.15, 0.2) is 6.10 Å². The van der Waals surface area contributed by atoms with E-state index in [1.165, 1.54) is 24.3 Å². The van der Waals surface area contributed by atoms with Gasteiger partial charge in [-0.2, -0.15) is 0 Å². The van der Waals surface area contributed by atoms with E-state index in [4.69, 9.17) is 9.15 Å². The summed E-state index contributed by atoms with van der Waals surface area (Å²) in [6.45, 7) is 3.74. The van der Waals surface area contributed by atoms with Crippen LogP contribution in [0.25, 0.3) is 0 Å². The fourth-order valence-corrected chi connectivity index (χ4v) is 3.93. The third-order valence-electron chi connectivity index (χ3n) is 4.77. The van der Waals surface area contributed by atoms with Crippen molar-refractivity contribution in [3.05, 3.63) is 102 Å². The normalized spacial score (nSPS) is 12.7. The van der Waals surface area contributed by atoms with Gasteiger partial charge >= 0.3 is 0 Å². The molecule has 33 heavy (non-hydrogen) atoms. The Bertz CT molecular complexity index is 1200. The lowest BCUT2D eigenvalue weighted by Crippen LogP contribution is -2.19. The lowest BCUT2D eigenvalue weighted by Gasteiger charge is -2.15.